The van der Waals surface area contributed by atoms with E-state index in [2.05, 4.69) is 33.6 Å². The van der Waals surface area contributed by atoms with Crippen molar-refractivity contribution in [3.63, 3.8) is 0 Å². The van der Waals surface area contributed by atoms with Gasteiger partial charge in [-0.15, -0.1) is 35.3 Å². The van der Waals surface area contributed by atoms with Crippen LogP contribution in [-0.2, 0) is 19.5 Å². The van der Waals surface area contributed by atoms with Crippen molar-refractivity contribution < 1.29 is 4.74 Å². The van der Waals surface area contributed by atoms with Gasteiger partial charge in [0.1, 0.15) is 10.8 Å². The molecule has 0 saturated carbocycles. The highest BCUT2D eigenvalue weighted by atomic mass is 127. The van der Waals surface area contributed by atoms with Crippen molar-refractivity contribution in [3.8, 4) is 5.75 Å². The maximum absolute atomic E-state index is 5.52. The van der Waals surface area contributed by atoms with E-state index in [-0.39, 0.29) is 24.0 Å². The molecule has 1 aromatic heterocycles. The normalized spacial score (nSPS) is 10.9. The number of rotatable bonds is 7. The van der Waals surface area contributed by atoms with Crippen molar-refractivity contribution in [1.29, 1.82) is 0 Å². The van der Waals surface area contributed by atoms with Gasteiger partial charge in [-0.05, 0) is 31.0 Å². The zero-order valence-corrected chi connectivity index (χ0v) is 17.5. The quantitative estimate of drug-likeness (QED) is 0.377. The average Bonchev–Trinajstić information content (AvgIpc) is 3.04. The molecule has 0 aliphatic rings. The molecule has 0 aliphatic carbocycles. The van der Waals surface area contributed by atoms with Gasteiger partial charge in [-0.1, -0.05) is 19.1 Å². The number of benzene rings is 1. The molecule has 0 saturated heterocycles. The van der Waals surface area contributed by atoms with Crippen LogP contribution in [0.15, 0.2) is 35.5 Å². The van der Waals surface area contributed by atoms with Crippen LogP contribution in [0.25, 0.3) is 0 Å². The van der Waals surface area contributed by atoms with E-state index in [1.807, 2.05) is 31.3 Å². The van der Waals surface area contributed by atoms with Crippen LogP contribution >= 0.6 is 35.3 Å². The van der Waals surface area contributed by atoms with Crippen molar-refractivity contribution in [1.82, 2.24) is 15.6 Å². The summed E-state index contributed by atoms with van der Waals surface area (Å²) in [4.78, 5) is 9.95. The molecule has 2 N–H and O–H groups in total. The van der Waals surface area contributed by atoms with E-state index in [9.17, 15) is 0 Å². The van der Waals surface area contributed by atoms with Gasteiger partial charge >= 0.3 is 0 Å². The molecule has 5 nitrogen and oxygen atoms in total. The second-order valence-electron chi connectivity index (χ2n) is 4.93. The number of aliphatic imine (C=N–C) groups is 1. The third-order valence-electron chi connectivity index (χ3n) is 3.25. The number of nitrogens with zero attached hydrogens (tertiary/aromatic N) is 2. The number of halogens is 1. The molecule has 0 bridgehead atoms. The van der Waals surface area contributed by atoms with Crippen molar-refractivity contribution in [2.45, 2.75) is 33.4 Å². The molecule has 0 unspecified atom stereocenters. The summed E-state index contributed by atoms with van der Waals surface area (Å²) in [5, 5.41) is 7.67. The van der Waals surface area contributed by atoms with E-state index in [0.717, 1.165) is 28.7 Å². The van der Waals surface area contributed by atoms with Crippen LogP contribution in [-0.4, -0.2) is 24.6 Å². The first-order valence-corrected chi connectivity index (χ1v) is 8.66. The van der Waals surface area contributed by atoms with Crippen LogP contribution < -0.4 is 15.4 Å². The van der Waals surface area contributed by atoms with Crippen molar-refractivity contribution >= 4 is 41.3 Å². The molecule has 1 heterocycles. The number of aryl methyl sites for hydroxylation is 1. The minimum absolute atomic E-state index is 0. The van der Waals surface area contributed by atoms with Gasteiger partial charge in [0.05, 0.1) is 13.2 Å². The predicted octanol–water partition coefficient (Wildman–Crippen LogP) is 3.59. The predicted molar refractivity (Wildman–Crippen MR) is 112 cm³/mol. The van der Waals surface area contributed by atoms with E-state index in [1.54, 1.807) is 18.4 Å². The minimum Gasteiger partial charge on any atom is -0.494 e. The van der Waals surface area contributed by atoms with Gasteiger partial charge in [-0.25, -0.2) is 4.98 Å². The number of ether oxygens (including phenoxy) is 1. The fourth-order valence-electron chi connectivity index (χ4n) is 2.07. The highest BCUT2D eigenvalue weighted by Gasteiger charge is 2.03. The lowest BCUT2D eigenvalue weighted by Gasteiger charge is -2.11. The Morgan fingerprint density at radius 1 is 1.25 bits per heavy atom. The first-order valence-electron chi connectivity index (χ1n) is 7.85. The second-order valence-corrected chi connectivity index (χ2v) is 6.13. The second kappa shape index (κ2) is 11.2. The van der Waals surface area contributed by atoms with E-state index >= 15 is 0 Å². The maximum atomic E-state index is 5.52. The molecular weight excluding hydrogens is 435 g/mol. The first kappa shape index (κ1) is 20.7. The molecule has 0 atom stereocenters. The molecule has 0 aliphatic heterocycles. The maximum Gasteiger partial charge on any atom is 0.191 e. The van der Waals surface area contributed by atoms with E-state index in [0.29, 0.717) is 19.7 Å². The van der Waals surface area contributed by atoms with Crippen LogP contribution in [0.1, 0.15) is 29.3 Å². The molecular formula is C17H25IN4OS. The summed E-state index contributed by atoms with van der Waals surface area (Å²) in [5.74, 6) is 1.66. The Morgan fingerprint density at radius 3 is 2.71 bits per heavy atom. The molecule has 1 aromatic carbocycles. The van der Waals surface area contributed by atoms with E-state index in [4.69, 9.17) is 4.74 Å². The zero-order valence-electron chi connectivity index (χ0n) is 14.3. The van der Waals surface area contributed by atoms with Gasteiger partial charge in [0.25, 0.3) is 0 Å². The Labute approximate surface area is 165 Å². The topological polar surface area (TPSA) is 58.5 Å². The molecule has 0 spiro atoms. The fraction of sp³-hybridized carbons (Fsp3) is 0.412. The van der Waals surface area contributed by atoms with Gasteiger partial charge in [0, 0.05) is 24.7 Å². The standard InChI is InChI=1S/C17H24N4OS.HI/c1-4-15-11-19-16(23-15)12-21-17(18-3)20-10-13-7-6-8-14(9-13)22-5-2;/h6-9,11H,4-5,10,12H2,1-3H3,(H2,18,20,21);1H. The number of aromatic nitrogens is 1. The SMILES string of the molecule is CCOc1cccc(CNC(=NC)NCc2ncc(CC)s2)c1.I. The zero-order chi connectivity index (χ0) is 16.5. The molecule has 0 radical (unpaired) electrons. The number of hydrogen-bond acceptors (Lipinski definition) is 4. The fourth-order valence-corrected chi connectivity index (χ4v) is 2.87. The Morgan fingerprint density at radius 2 is 2.04 bits per heavy atom. The van der Waals surface area contributed by atoms with Gasteiger partial charge in [0.15, 0.2) is 5.96 Å². The Balaban J connectivity index is 0.00000288. The van der Waals surface area contributed by atoms with Gasteiger partial charge in [-0.2, -0.15) is 0 Å². The largest absolute Gasteiger partial charge is 0.494 e. The minimum atomic E-state index is 0. The van der Waals surface area contributed by atoms with E-state index < -0.39 is 0 Å². The number of thiazole rings is 1. The molecule has 2 aromatic rings. The average molecular weight is 460 g/mol. The van der Waals surface area contributed by atoms with Crippen molar-refractivity contribution in [2.24, 2.45) is 4.99 Å². The van der Waals surface area contributed by atoms with Gasteiger partial charge in [-0.3, -0.25) is 4.99 Å². The van der Waals surface area contributed by atoms with Crippen molar-refractivity contribution in [3.05, 3.63) is 45.9 Å². The third kappa shape index (κ3) is 6.64. The first-order chi connectivity index (χ1) is 11.2. The molecule has 0 fully saturated rings. The number of nitrogens with one attached hydrogen (secondary N) is 2. The summed E-state index contributed by atoms with van der Waals surface area (Å²) >= 11 is 1.73. The van der Waals surface area contributed by atoms with Crippen LogP contribution in [0.2, 0.25) is 0 Å². The summed E-state index contributed by atoms with van der Waals surface area (Å²) in [7, 11) is 1.77. The van der Waals surface area contributed by atoms with Gasteiger partial charge < -0.3 is 15.4 Å². The van der Waals surface area contributed by atoms with Gasteiger partial charge in [0.2, 0.25) is 0 Å². The highest BCUT2D eigenvalue weighted by Crippen LogP contribution is 2.14. The van der Waals surface area contributed by atoms with Crippen LogP contribution in [0, 0.1) is 0 Å². The van der Waals surface area contributed by atoms with Crippen LogP contribution in [0.3, 0.4) is 0 Å². The third-order valence-corrected chi connectivity index (χ3v) is 4.39. The summed E-state index contributed by atoms with van der Waals surface area (Å²) in [6, 6.07) is 8.07. The monoisotopic (exact) mass is 460 g/mol. The summed E-state index contributed by atoms with van der Waals surface area (Å²) < 4.78 is 5.52. The van der Waals surface area contributed by atoms with E-state index in [1.165, 1.54) is 4.88 Å². The van der Waals surface area contributed by atoms with Crippen LogP contribution in [0.5, 0.6) is 5.75 Å². The Bertz CT molecular complexity index is 645. The molecule has 7 heteroatoms. The molecule has 132 valence electrons. The Hall–Kier alpha value is -1.35. The number of guanidine groups is 1. The Kier molecular flexibility index (Phi) is 9.70. The lowest BCUT2D eigenvalue weighted by Crippen LogP contribution is -2.36. The molecule has 0 amide bonds. The lowest BCUT2D eigenvalue weighted by atomic mass is 10.2. The molecule has 24 heavy (non-hydrogen) atoms. The summed E-state index contributed by atoms with van der Waals surface area (Å²) in [5.41, 5.74) is 1.15. The summed E-state index contributed by atoms with van der Waals surface area (Å²) in [6.07, 6.45) is 2.97. The van der Waals surface area contributed by atoms with Crippen LogP contribution in [0.4, 0.5) is 0 Å². The lowest BCUT2D eigenvalue weighted by molar-refractivity contribution is 0.340. The number of hydrogen-bond donors (Lipinski definition) is 2. The van der Waals surface area contributed by atoms with Crippen molar-refractivity contribution in [2.75, 3.05) is 13.7 Å². The molecule has 2 rings (SSSR count). The summed E-state index contributed by atoms with van der Waals surface area (Å²) in [6.45, 7) is 6.18. The smallest absolute Gasteiger partial charge is 0.191 e. The highest BCUT2D eigenvalue weighted by molar-refractivity contribution is 14.0.